The quantitative estimate of drug-likeness (QED) is 0.665. The Morgan fingerprint density at radius 1 is 1.41 bits per heavy atom. The summed E-state index contributed by atoms with van der Waals surface area (Å²) in [6, 6.07) is 4.96. The highest BCUT2D eigenvalue weighted by molar-refractivity contribution is 6.00. The van der Waals surface area contributed by atoms with E-state index in [1.807, 2.05) is 13.0 Å². The molecule has 0 fully saturated rings. The van der Waals surface area contributed by atoms with Gasteiger partial charge in [-0.15, -0.1) is 0 Å². The van der Waals surface area contributed by atoms with Gasteiger partial charge in [0, 0.05) is 18.2 Å². The van der Waals surface area contributed by atoms with Gasteiger partial charge in [0.25, 0.3) is 5.91 Å². The van der Waals surface area contributed by atoms with Gasteiger partial charge in [-0.2, -0.15) is 0 Å². The van der Waals surface area contributed by atoms with E-state index in [0.717, 1.165) is 5.56 Å². The van der Waals surface area contributed by atoms with E-state index in [1.54, 1.807) is 19.1 Å². The van der Waals surface area contributed by atoms with E-state index in [-0.39, 0.29) is 18.4 Å². The highest BCUT2D eigenvalue weighted by Crippen LogP contribution is 2.16. The van der Waals surface area contributed by atoms with Crippen molar-refractivity contribution in [3.05, 3.63) is 29.3 Å². The summed E-state index contributed by atoms with van der Waals surface area (Å²) in [5.41, 5.74) is 12.5. The highest BCUT2D eigenvalue weighted by Gasteiger charge is 2.15. The predicted molar refractivity (Wildman–Crippen MR) is 66.3 cm³/mol. The fourth-order valence-electron chi connectivity index (χ4n) is 1.65. The molecule has 1 aromatic carbocycles. The molecule has 92 valence electrons. The third kappa shape index (κ3) is 3.48. The lowest BCUT2D eigenvalue weighted by Crippen LogP contribution is -2.36. The number of rotatable bonds is 4. The van der Waals surface area contributed by atoms with Gasteiger partial charge in [0.1, 0.15) is 0 Å². The van der Waals surface area contributed by atoms with Gasteiger partial charge in [0.15, 0.2) is 0 Å². The van der Waals surface area contributed by atoms with Gasteiger partial charge in [0.2, 0.25) is 5.91 Å². The lowest BCUT2D eigenvalue weighted by Gasteiger charge is -2.14. The second-order valence-electron chi connectivity index (χ2n) is 4.08. The minimum absolute atomic E-state index is 0.109. The van der Waals surface area contributed by atoms with Crippen molar-refractivity contribution in [3.63, 3.8) is 0 Å². The minimum atomic E-state index is -0.449. The molecule has 5 heteroatoms. The van der Waals surface area contributed by atoms with Crippen LogP contribution in [0.3, 0.4) is 0 Å². The fourth-order valence-corrected chi connectivity index (χ4v) is 1.65. The Hall–Kier alpha value is -2.04. The molecule has 0 aliphatic rings. The summed E-state index contributed by atoms with van der Waals surface area (Å²) >= 11 is 0. The SMILES string of the molecule is Cc1cccc(N)c1C(=O)NC(C)CC(N)=O. The molecule has 0 aliphatic heterocycles. The van der Waals surface area contributed by atoms with E-state index in [0.29, 0.717) is 11.3 Å². The van der Waals surface area contributed by atoms with Crippen molar-refractivity contribution in [1.29, 1.82) is 0 Å². The number of hydrogen-bond donors (Lipinski definition) is 3. The first-order valence-electron chi connectivity index (χ1n) is 5.36. The van der Waals surface area contributed by atoms with Gasteiger partial charge in [-0.1, -0.05) is 12.1 Å². The van der Waals surface area contributed by atoms with Crippen LogP contribution in [-0.4, -0.2) is 17.9 Å². The highest BCUT2D eigenvalue weighted by atomic mass is 16.2. The average Bonchev–Trinajstić information content (AvgIpc) is 2.15. The maximum absolute atomic E-state index is 11.9. The van der Waals surface area contributed by atoms with Gasteiger partial charge < -0.3 is 16.8 Å². The summed E-state index contributed by atoms with van der Waals surface area (Å²) in [7, 11) is 0. The van der Waals surface area contributed by atoms with Gasteiger partial charge in [-0.3, -0.25) is 9.59 Å². The smallest absolute Gasteiger partial charge is 0.253 e. The first-order chi connectivity index (χ1) is 7.91. The molecule has 1 unspecified atom stereocenters. The fraction of sp³-hybridized carbons (Fsp3) is 0.333. The molecule has 0 saturated heterocycles. The van der Waals surface area contributed by atoms with E-state index < -0.39 is 5.91 Å². The number of amides is 2. The molecule has 0 heterocycles. The van der Waals surface area contributed by atoms with Gasteiger partial charge >= 0.3 is 0 Å². The summed E-state index contributed by atoms with van der Waals surface area (Å²) in [5, 5.41) is 2.69. The number of nitrogens with one attached hydrogen (secondary N) is 1. The number of carbonyl (C=O) groups excluding carboxylic acids is 2. The molecule has 1 rings (SSSR count). The number of aryl methyl sites for hydroxylation is 1. The van der Waals surface area contributed by atoms with Crippen molar-refractivity contribution in [2.24, 2.45) is 5.73 Å². The predicted octanol–water partition coefficient (Wildman–Crippen LogP) is 0.571. The van der Waals surface area contributed by atoms with Crippen molar-refractivity contribution in [2.75, 3.05) is 5.73 Å². The van der Waals surface area contributed by atoms with Crippen molar-refractivity contribution >= 4 is 17.5 Å². The van der Waals surface area contributed by atoms with E-state index >= 15 is 0 Å². The first kappa shape index (κ1) is 13.0. The number of anilines is 1. The molecule has 1 aromatic rings. The summed E-state index contributed by atoms with van der Waals surface area (Å²) in [5.74, 6) is -0.732. The number of carbonyl (C=O) groups is 2. The molecule has 0 aromatic heterocycles. The van der Waals surface area contributed by atoms with Crippen LogP contribution in [0.5, 0.6) is 0 Å². The van der Waals surface area contributed by atoms with Crippen LogP contribution in [0.25, 0.3) is 0 Å². The van der Waals surface area contributed by atoms with Crippen LogP contribution >= 0.6 is 0 Å². The van der Waals surface area contributed by atoms with Crippen LogP contribution in [0.1, 0.15) is 29.3 Å². The molecule has 2 amide bonds. The van der Waals surface area contributed by atoms with Gasteiger partial charge in [-0.05, 0) is 25.5 Å². The second kappa shape index (κ2) is 5.34. The molecular weight excluding hydrogens is 218 g/mol. The van der Waals surface area contributed by atoms with Crippen LogP contribution in [0.4, 0.5) is 5.69 Å². The largest absolute Gasteiger partial charge is 0.398 e. The van der Waals surface area contributed by atoms with Crippen LogP contribution in [0.15, 0.2) is 18.2 Å². The summed E-state index contributed by atoms with van der Waals surface area (Å²) in [6.07, 6.45) is 0.109. The maximum Gasteiger partial charge on any atom is 0.253 e. The Bertz CT molecular complexity index is 423. The summed E-state index contributed by atoms with van der Waals surface area (Å²) < 4.78 is 0. The zero-order valence-electron chi connectivity index (χ0n) is 9.99. The molecule has 0 aliphatic carbocycles. The van der Waals surface area contributed by atoms with E-state index in [2.05, 4.69) is 5.32 Å². The molecule has 5 N–H and O–H groups in total. The summed E-state index contributed by atoms with van der Waals surface area (Å²) in [4.78, 5) is 22.6. The molecule has 5 nitrogen and oxygen atoms in total. The number of nitrogens with two attached hydrogens (primary N) is 2. The Morgan fingerprint density at radius 2 is 2.06 bits per heavy atom. The number of nitrogen functional groups attached to an aromatic ring is 1. The van der Waals surface area contributed by atoms with Crippen molar-refractivity contribution in [1.82, 2.24) is 5.32 Å². The maximum atomic E-state index is 11.9. The molecule has 0 radical (unpaired) electrons. The van der Waals surface area contributed by atoms with Gasteiger partial charge in [0.05, 0.1) is 5.56 Å². The average molecular weight is 235 g/mol. The Labute approximate surface area is 100 Å². The van der Waals surface area contributed by atoms with Crippen LogP contribution < -0.4 is 16.8 Å². The number of primary amides is 1. The number of hydrogen-bond acceptors (Lipinski definition) is 3. The lowest BCUT2D eigenvalue weighted by molar-refractivity contribution is -0.118. The zero-order valence-corrected chi connectivity index (χ0v) is 9.99. The van der Waals surface area contributed by atoms with Crippen molar-refractivity contribution in [3.8, 4) is 0 Å². The van der Waals surface area contributed by atoms with Crippen LogP contribution in [0.2, 0.25) is 0 Å². The summed E-state index contributed by atoms with van der Waals surface area (Å²) in [6.45, 7) is 3.53. The molecule has 17 heavy (non-hydrogen) atoms. The Balaban J connectivity index is 2.80. The molecule has 0 saturated carbocycles. The monoisotopic (exact) mass is 235 g/mol. The topological polar surface area (TPSA) is 98.2 Å². The minimum Gasteiger partial charge on any atom is -0.398 e. The lowest BCUT2D eigenvalue weighted by atomic mass is 10.1. The standard InChI is InChI=1S/C12H17N3O2/c1-7-4-3-5-9(13)11(7)12(17)15-8(2)6-10(14)16/h3-5,8H,6,13H2,1-2H3,(H2,14,16)(H,15,17). The molecule has 0 bridgehead atoms. The Morgan fingerprint density at radius 3 is 2.59 bits per heavy atom. The van der Waals surface area contributed by atoms with Crippen LogP contribution in [0, 0.1) is 6.92 Å². The van der Waals surface area contributed by atoms with E-state index in [1.165, 1.54) is 0 Å². The third-order valence-corrected chi connectivity index (χ3v) is 2.42. The van der Waals surface area contributed by atoms with Crippen molar-refractivity contribution < 1.29 is 9.59 Å². The molecule has 1 atom stereocenters. The zero-order chi connectivity index (χ0) is 13.0. The van der Waals surface area contributed by atoms with E-state index in [9.17, 15) is 9.59 Å². The normalized spacial score (nSPS) is 11.9. The van der Waals surface area contributed by atoms with Crippen LogP contribution in [-0.2, 0) is 4.79 Å². The van der Waals surface area contributed by atoms with E-state index in [4.69, 9.17) is 11.5 Å². The first-order valence-corrected chi connectivity index (χ1v) is 5.36. The third-order valence-electron chi connectivity index (χ3n) is 2.42. The number of benzene rings is 1. The van der Waals surface area contributed by atoms with Gasteiger partial charge in [-0.25, -0.2) is 0 Å². The molecular formula is C12H17N3O2. The Kier molecular flexibility index (Phi) is 4.09. The molecule has 0 spiro atoms. The van der Waals surface area contributed by atoms with Crippen molar-refractivity contribution in [2.45, 2.75) is 26.3 Å². The second-order valence-corrected chi connectivity index (χ2v) is 4.08.